The van der Waals surface area contributed by atoms with Gasteiger partial charge in [-0.25, -0.2) is 4.79 Å². The number of halogens is 1. The molecule has 0 aliphatic rings. The third-order valence-electron chi connectivity index (χ3n) is 2.85. The van der Waals surface area contributed by atoms with Gasteiger partial charge in [0.15, 0.2) is 0 Å². The van der Waals surface area contributed by atoms with Crippen LogP contribution in [0.2, 0.25) is 5.02 Å². The van der Waals surface area contributed by atoms with Gasteiger partial charge in [-0.3, -0.25) is 9.19 Å². The van der Waals surface area contributed by atoms with Crippen molar-refractivity contribution >= 4 is 28.4 Å². The van der Waals surface area contributed by atoms with Crippen LogP contribution in [0, 0.1) is 6.92 Å². The van der Waals surface area contributed by atoms with Gasteiger partial charge in [0.05, 0.1) is 27.1 Å². The second-order valence-electron chi connectivity index (χ2n) is 4.24. The Bertz CT molecular complexity index is 688. The van der Waals surface area contributed by atoms with E-state index in [1.165, 1.54) is 12.3 Å². The van der Waals surface area contributed by atoms with Crippen LogP contribution in [0.5, 0.6) is 0 Å². The molecule has 0 saturated heterocycles. The molecule has 1 unspecified atom stereocenters. The zero-order valence-corrected chi connectivity index (χ0v) is 12.2. The molecule has 1 aromatic heterocycles. The molecule has 0 bridgehead atoms. The van der Waals surface area contributed by atoms with Crippen molar-refractivity contribution in [2.45, 2.75) is 17.6 Å². The summed E-state index contributed by atoms with van der Waals surface area (Å²) in [5.41, 5.74) is 1.52. The van der Waals surface area contributed by atoms with Crippen LogP contribution < -0.4 is 0 Å². The van der Waals surface area contributed by atoms with Gasteiger partial charge in [-0.1, -0.05) is 17.7 Å². The zero-order valence-electron chi connectivity index (χ0n) is 10.7. The van der Waals surface area contributed by atoms with Crippen LogP contribution in [-0.4, -0.2) is 20.3 Å². The molecule has 4 nitrogen and oxygen atoms in total. The van der Waals surface area contributed by atoms with Crippen LogP contribution in [0.25, 0.3) is 0 Å². The molecule has 0 aliphatic heterocycles. The standard InChI is InChI=1S/C14H12ClNO3S/c1-9-2-3-11(6-12(9)14(17)18)20(19)8-10-4-5-16-7-13(10)15/h2-7H,8H2,1H3,(H,17,18). The summed E-state index contributed by atoms with van der Waals surface area (Å²) in [4.78, 5) is 15.4. The third-order valence-corrected chi connectivity index (χ3v) is 4.54. The lowest BCUT2D eigenvalue weighted by Crippen LogP contribution is -2.03. The predicted molar refractivity (Wildman–Crippen MR) is 77.5 cm³/mol. The van der Waals surface area contributed by atoms with E-state index >= 15 is 0 Å². The van der Waals surface area contributed by atoms with Gasteiger partial charge in [0, 0.05) is 17.3 Å². The highest BCUT2D eigenvalue weighted by Gasteiger charge is 2.13. The third kappa shape index (κ3) is 3.23. The number of carbonyl (C=O) groups is 1. The Hall–Kier alpha value is -1.72. The van der Waals surface area contributed by atoms with Gasteiger partial charge in [0.25, 0.3) is 0 Å². The predicted octanol–water partition coefficient (Wildman–Crippen LogP) is 3.05. The van der Waals surface area contributed by atoms with Crippen molar-refractivity contribution in [2.24, 2.45) is 0 Å². The van der Waals surface area contributed by atoms with E-state index in [0.717, 1.165) is 5.56 Å². The Kier molecular flexibility index (Phi) is 4.52. The largest absolute Gasteiger partial charge is 0.478 e. The lowest BCUT2D eigenvalue weighted by Gasteiger charge is -2.07. The average Bonchev–Trinajstić information content (AvgIpc) is 2.41. The van der Waals surface area contributed by atoms with Crippen LogP contribution in [0.15, 0.2) is 41.6 Å². The number of aromatic nitrogens is 1. The fourth-order valence-corrected chi connectivity index (χ4v) is 3.15. The molecule has 0 radical (unpaired) electrons. The number of carboxylic acid groups (broad SMARTS) is 1. The summed E-state index contributed by atoms with van der Waals surface area (Å²) in [6.45, 7) is 1.70. The van der Waals surface area contributed by atoms with Gasteiger partial charge in [-0.2, -0.15) is 0 Å². The maximum Gasteiger partial charge on any atom is 0.335 e. The fourth-order valence-electron chi connectivity index (χ4n) is 1.72. The highest BCUT2D eigenvalue weighted by Crippen LogP contribution is 2.20. The van der Waals surface area contributed by atoms with Crippen LogP contribution >= 0.6 is 11.6 Å². The Labute approximate surface area is 123 Å². The molecular formula is C14H12ClNO3S. The summed E-state index contributed by atoms with van der Waals surface area (Å²) in [5.74, 6) is -0.799. The number of nitrogens with zero attached hydrogens (tertiary/aromatic N) is 1. The zero-order chi connectivity index (χ0) is 14.7. The van der Waals surface area contributed by atoms with Gasteiger partial charge in [-0.15, -0.1) is 0 Å². The minimum absolute atomic E-state index is 0.164. The van der Waals surface area contributed by atoms with Gasteiger partial charge < -0.3 is 5.11 Å². The lowest BCUT2D eigenvalue weighted by molar-refractivity contribution is 0.0696. The molecule has 1 heterocycles. The van der Waals surface area contributed by atoms with E-state index in [1.54, 1.807) is 31.3 Å². The molecule has 6 heteroatoms. The molecule has 0 aliphatic carbocycles. The summed E-state index contributed by atoms with van der Waals surface area (Å²) in [6, 6.07) is 6.48. The van der Waals surface area contributed by atoms with Crippen molar-refractivity contribution in [3.05, 3.63) is 58.4 Å². The monoisotopic (exact) mass is 309 g/mol. The Balaban J connectivity index is 2.28. The second-order valence-corrected chi connectivity index (χ2v) is 6.10. The number of benzene rings is 1. The molecule has 1 N–H and O–H groups in total. The number of aryl methyl sites for hydroxylation is 1. The molecule has 0 saturated carbocycles. The first-order valence-electron chi connectivity index (χ1n) is 5.79. The van der Waals surface area contributed by atoms with Crippen LogP contribution in [0.1, 0.15) is 21.5 Å². The summed E-state index contributed by atoms with van der Waals surface area (Å²) in [7, 11) is -1.36. The molecule has 0 fully saturated rings. The number of rotatable bonds is 4. The minimum Gasteiger partial charge on any atom is -0.478 e. The number of aromatic carboxylic acids is 1. The molecule has 0 amide bonds. The van der Waals surface area contributed by atoms with E-state index in [0.29, 0.717) is 15.5 Å². The van der Waals surface area contributed by atoms with E-state index in [2.05, 4.69) is 4.98 Å². The molecule has 2 rings (SSSR count). The number of hydrogen-bond acceptors (Lipinski definition) is 3. The second kappa shape index (κ2) is 6.15. The fraction of sp³-hybridized carbons (Fsp3) is 0.143. The first kappa shape index (κ1) is 14.7. The molecule has 104 valence electrons. The number of carboxylic acids is 1. The van der Waals surface area contributed by atoms with Crippen molar-refractivity contribution in [1.82, 2.24) is 4.98 Å². The molecule has 20 heavy (non-hydrogen) atoms. The average molecular weight is 310 g/mol. The van der Waals surface area contributed by atoms with Crippen molar-refractivity contribution in [3.63, 3.8) is 0 Å². The van der Waals surface area contributed by atoms with Crippen LogP contribution in [0.3, 0.4) is 0 Å². The molecule has 2 aromatic rings. The van der Waals surface area contributed by atoms with Crippen molar-refractivity contribution in [3.8, 4) is 0 Å². The van der Waals surface area contributed by atoms with Crippen LogP contribution in [-0.2, 0) is 16.6 Å². The van der Waals surface area contributed by atoms with Gasteiger partial charge in [0.1, 0.15) is 0 Å². The summed E-state index contributed by atoms with van der Waals surface area (Å²) >= 11 is 5.97. The normalized spacial score (nSPS) is 12.1. The molecule has 1 aromatic carbocycles. The Morgan fingerprint density at radius 3 is 2.80 bits per heavy atom. The minimum atomic E-state index is -1.36. The van der Waals surface area contributed by atoms with E-state index in [-0.39, 0.29) is 11.3 Å². The summed E-state index contributed by atoms with van der Waals surface area (Å²) in [6.07, 6.45) is 3.07. The maximum atomic E-state index is 12.3. The Morgan fingerprint density at radius 1 is 1.40 bits per heavy atom. The maximum absolute atomic E-state index is 12.3. The first-order chi connectivity index (χ1) is 9.49. The molecule has 1 atom stereocenters. The van der Waals surface area contributed by atoms with Gasteiger partial charge >= 0.3 is 5.97 Å². The van der Waals surface area contributed by atoms with Crippen molar-refractivity contribution in [2.75, 3.05) is 0 Å². The highest BCUT2D eigenvalue weighted by molar-refractivity contribution is 7.84. The Morgan fingerprint density at radius 2 is 2.15 bits per heavy atom. The molecular weight excluding hydrogens is 298 g/mol. The number of hydrogen-bond donors (Lipinski definition) is 1. The van der Waals surface area contributed by atoms with E-state index < -0.39 is 16.8 Å². The summed E-state index contributed by atoms with van der Waals surface area (Å²) < 4.78 is 12.3. The van der Waals surface area contributed by atoms with E-state index in [1.807, 2.05) is 0 Å². The topological polar surface area (TPSA) is 67.3 Å². The number of pyridine rings is 1. The van der Waals surface area contributed by atoms with E-state index in [9.17, 15) is 9.00 Å². The van der Waals surface area contributed by atoms with Gasteiger partial charge in [0.2, 0.25) is 0 Å². The van der Waals surface area contributed by atoms with Crippen molar-refractivity contribution < 1.29 is 14.1 Å². The van der Waals surface area contributed by atoms with E-state index in [4.69, 9.17) is 16.7 Å². The first-order valence-corrected chi connectivity index (χ1v) is 7.49. The van der Waals surface area contributed by atoms with Crippen molar-refractivity contribution in [1.29, 1.82) is 0 Å². The summed E-state index contributed by atoms with van der Waals surface area (Å²) in [5, 5.41) is 9.53. The van der Waals surface area contributed by atoms with Gasteiger partial charge in [-0.05, 0) is 36.2 Å². The molecule has 0 spiro atoms. The smallest absolute Gasteiger partial charge is 0.335 e. The SMILES string of the molecule is Cc1ccc(S(=O)Cc2ccncc2Cl)cc1C(=O)O. The van der Waals surface area contributed by atoms with Crippen LogP contribution in [0.4, 0.5) is 0 Å². The highest BCUT2D eigenvalue weighted by atomic mass is 35.5. The quantitative estimate of drug-likeness (QED) is 0.942. The lowest BCUT2D eigenvalue weighted by atomic mass is 10.1.